The average Bonchev–Trinajstić information content (AvgIpc) is 3.39. The fraction of sp³-hybridized carbons (Fsp3) is 0.429. The molecule has 2 aromatic heterocycles. The Hall–Kier alpha value is -3.03. The van der Waals surface area contributed by atoms with Crippen molar-refractivity contribution in [3.05, 3.63) is 65.3 Å². The third kappa shape index (κ3) is 3.92. The van der Waals surface area contributed by atoms with Gasteiger partial charge in [-0.3, -0.25) is 9.48 Å². The number of nitrogens with zero attached hydrogens (tertiary/aromatic N) is 6. The molecule has 1 aromatic carbocycles. The van der Waals surface area contributed by atoms with E-state index in [9.17, 15) is 9.18 Å². The molecular weight excluding hydrogens is 371 g/mol. The molecule has 1 fully saturated rings. The summed E-state index contributed by atoms with van der Waals surface area (Å²) >= 11 is 0. The van der Waals surface area contributed by atoms with E-state index in [1.807, 2.05) is 21.8 Å². The maximum atomic E-state index is 13.5. The highest BCUT2D eigenvalue weighted by molar-refractivity contribution is 5.94. The summed E-state index contributed by atoms with van der Waals surface area (Å²) in [4.78, 5) is 14.6. The Labute approximate surface area is 169 Å². The molecule has 8 heteroatoms. The molecule has 152 valence electrons. The fourth-order valence-corrected chi connectivity index (χ4v) is 3.95. The van der Waals surface area contributed by atoms with E-state index in [0.717, 1.165) is 31.0 Å². The lowest BCUT2D eigenvalue weighted by Gasteiger charge is -2.32. The van der Waals surface area contributed by atoms with Crippen LogP contribution in [0.4, 0.5) is 4.39 Å². The molecule has 1 aliphatic heterocycles. The van der Waals surface area contributed by atoms with Gasteiger partial charge in [-0.15, -0.1) is 10.2 Å². The first kappa shape index (κ1) is 19.3. The molecule has 0 saturated carbocycles. The Kier molecular flexibility index (Phi) is 5.42. The molecule has 1 aliphatic rings. The molecule has 1 amide bonds. The molecule has 1 saturated heterocycles. The van der Waals surface area contributed by atoms with Crippen molar-refractivity contribution in [2.75, 3.05) is 13.1 Å². The SMILES string of the molecule is CCn1c(Cn2cccn2)nnc1C1CCN(C(=O)c2ccc(F)c(C)c2)CC1. The van der Waals surface area contributed by atoms with Gasteiger partial charge < -0.3 is 9.47 Å². The van der Waals surface area contributed by atoms with E-state index in [1.54, 1.807) is 25.3 Å². The molecule has 0 aliphatic carbocycles. The molecule has 7 nitrogen and oxygen atoms in total. The zero-order valence-corrected chi connectivity index (χ0v) is 16.8. The number of hydrogen-bond acceptors (Lipinski definition) is 4. The topological polar surface area (TPSA) is 68.8 Å². The number of piperidine rings is 1. The summed E-state index contributed by atoms with van der Waals surface area (Å²) in [5, 5.41) is 13.1. The van der Waals surface area contributed by atoms with Crippen LogP contribution >= 0.6 is 0 Å². The maximum Gasteiger partial charge on any atom is 0.253 e. The molecule has 0 atom stereocenters. The van der Waals surface area contributed by atoms with Crippen LogP contribution < -0.4 is 0 Å². The van der Waals surface area contributed by atoms with Gasteiger partial charge in [0.1, 0.15) is 18.2 Å². The van der Waals surface area contributed by atoms with Crippen molar-refractivity contribution in [1.29, 1.82) is 0 Å². The Morgan fingerprint density at radius 3 is 2.69 bits per heavy atom. The van der Waals surface area contributed by atoms with Gasteiger partial charge in [-0.2, -0.15) is 5.10 Å². The Balaban J connectivity index is 1.43. The van der Waals surface area contributed by atoms with Crippen LogP contribution in [0.15, 0.2) is 36.7 Å². The first-order chi connectivity index (χ1) is 14.1. The van der Waals surface area contributed by atoms with E-state index in [1.165, 1.54) is 6.07 Å². The van der Waals surface area contributed by atoms with Crippen LogP contribution in [0.1, 0.15) is 53.3 Å². The maximum absolute atomic E-state index is 13.5. The minimum absolute atomic E-state index is 0.0390. The van der Waals surface area contributed by atoms with Crippen LogP contribution in [0, 0.1) is 12.7 Å². The highest BCUT2D eigenvalue weighted by Crippen LogP contribution is 2.28. The number of likely N-dealkylation sites (tertiary alicyclic amines) is 1. The standard InChI is InChI=1S/C21H25FN6O/c1-3-28-19(14-27-10-4-9-23-27)24-25-20(28)16-7-11-26(12-8-16)21(29)17-5-6-18(22)15(2)13-17/h4-6,9-10,13,16H,3,7-8,11-12,14H2,1-2H3. The molecule has 29 heavy (non-hydrogen) atoms. The zero-order valence-electron chi connectivity index (χ0n) is 16.8. The highest BCUT2D eigenvalue weighted by atomic mass is 19.1. The first-order valence-electron chi connectivity index (χ1n) is 10.0. The molecule has 4 rings (SSSR count). The van der Waals surface area contributed by atoms with E-state index in [0.29, 0.717) is 30.8 Å². The second-order valence-corrected chi connectivity index (χ2v) is 7.45. The van der Waals surface area contributed by atoms with Crippen LogP contribution in [-0.2, 0) is 13.1 Å². The van der Waals surface area contributed by atoms with Crippen molar-refractivity contribution in [3.63, 3.8) is 0 Å². The van der Waals surface area contributed by atoms with Crippen LogP contribution in [0.2, 0.25) is 0 Å². The minimum Gasteiger partial charge on any atom is -0.339 e. The number of aromatic nitrogens is 5. The predicted molar refractivity (Wildman–Crippen MR) is 106 cm³/mol. The van der Waals surface area contributed by atoms with E-state index in [2.05, 4.69) is 26.8 Å². The van der Waals surface area contributed by atoms with Gasteiger partial charge in [0.05, 0.1) is 0 Å². The summed E-state index contributed by atoms with van der Waals surface area (Å²) in [6.45, 7) is 6.48. The van der Waals surface area contributed by atoms with E-state index in [-0.39, 0.29) is 17.6 Å². The van der Waals surface area contributed by atoms with Crippen molar-refractivity contribution < 1.29 is 9.18 Å². The lowest BCUT2D eigenvalue weighted by atomic mass is 9.95. The summed E-state index contributed by atoms with van der Waals surface area (Å²) in [5.41, 5.74) is 1.03. The molecule has 0 bridgehead atoms. The smallest absolute Gasteiger partial charge is 0.253 e. The van der Waals surface area contributed by atoms with Crippen LogP contribution in [-0.4, -0.2) is 48.4 Å². The lowest BCUT2D eigenvalue weighted by molar-refractivity contribution is 0.0710. The largest absolute Gasteiger partial charge is 0.339 e. The third-order valence-electron chi connectivity index (χ3n) is 5.59. The van der Waals surface area contributed by atoms with Gasteiger partial charge in [0.15, 0.2) is 5.82 Å². The molecule has 0 unspecified atom stereocenters. The van der Waals surface area contributed by atoms with Gasteiger partial charge in [0.2, 0.25) is 0 Å². The molecular formula is C21H25FN6O. The minimum atomic E-state index is -0.287. The predicted octanol–water partition coefficient (Wildman–Crippen LogP) is 3.01. The summed E-state index contributed by atoms with van der Waals surface area (Å²) in [5.74, 6) is 1.83. The number of hydrogen-bond donors (Lipinski definition) is 0. The summed E-state index contributed by atoms with van der Waals surface area (Å²) in [6, 6.07) is 6.44. The number of amides is 1. The summed E-state index contributed by atoms with van der Waals surface area (Å²) in [7, 11) is 0. The van der Waals surface area contributed by atoms with Gasteiger partial charge in [-0.05, 0) is 56.5 Å². The molecule has 0 spiro atoms. The van der Waals surface area contributed by atoms with Gasteiger partial charge in [0.25, 0.3) is 5.91 Å². The quantitative estimate of drug-likeness (QED) is 0.665. The van der Waals surface area contributed by atoms with E-state index >= 15 is 0 Å². The van der Waals surface area contributed by atoms with Crippen molar-refractivity contribution in [2.24, 2.45) is 0 Å². The zero-order chi connectivity index (χ0) is 20.4. The lowest BCUT2D eigenvalue weighted by Crippen LogP contribution is -2.38. The average molecular weight is 396 g/mol. The summed E-state index contributed by atoms with van der Waals surface area (Å²) in [6.07, 6.45) is 5.34. The van der Waals surface area contributed by atoms with Crippen molar-refractivity contribution in [3.8, 4) is 0 Å². The second-order valence-electron chi connectivity index (χ2n) is 7.45. The van der Waals surface area contributed by atoms with Gasteiger partial charge >= 0.3 is 0 Å². The molecule has 0 N–H and O–H groups in total. The number of aryl methyl sites for hydroxylation is 1. The fourth-order valence-electron chi connectivity index (χ4n) is 3.95. The number of benzene rings is 1. The van der Waals surface area contributed by atoms with Crippen molar-refractivity contribution >= 4 is 5.91 Å². The Bertz CT molecular complexity index is 989. The molecule has 3 heterocycles. The normalized spacial score (nSPS) is 15.1. The van der Waals surface area contributed by atoms with Crippen LogP contribution in [0.3, 0.4) is 0 Å². The summed E-state index contributed by atoms with van der Waals surface area (Å²) < 4.78 is 17.5. The van der Waals surface area contributed by atoms with Crippen molar-refractivity contribution in [1.82, 2.24) is 29.4 Å². The highest BCUT2D eigenvalue weighted by Gasteiger charge is 2.28. The van der Waals surface area contributed by atoms with Gasteiger partial charge in [0, 0.05) is 43.5 Å². The van der Waals surface area contributed by atoms with E-state index in [4.69, 9.17) is 0 Å². The number of carbonyl (C=O) groups excluding carboxylic acids is 1. The number of rotatable bonds is 5. The van der Waals surface area contributed by atoms with Gasteiger partial charge in [-0.25, -0.2) is 4.39 Å². The molecule has 0 radical (unpaired) electrons. The van der Waals surface area contributed by atoms with Gasteiger partial charge in [-0.1, -0.05) is 0 Å². The Morgan fingerprint density at radius 2 is 2.03 bits per heavy atom. The molecule has 3 aromatic rings. The first-order valence-corrected chi connectivity index (χ1v) is 10.0. The van der Waals surface area contributed by atoms with Crippen LogP contribution in [0.5, 0.6) is 0 Å². The second kappa shape index (κ2) is 8.14. The number of carbonyl (C=O) groups is 1. The monoisotopic (exact) mass is 396 g/mol. The Morgan fingerprint density at radius 1 is 1.24 bits per heavy atom. The van der Waals surface area contributed by atoms with E-state index < -0.39 is 0 Å². The van der Waals surface area contributed by atoms with Crippen LogP contribution in [0.25, 0.3) is 0 Å². The third-order valence-corrected chi connectivity index (χ3v) is 5.59. The number of halogens is 1. The van der Waals surface area contributed by atoms with Crippen molar-refractivity contribution in [2.45, 2.75) is 45.7 Å².